The predicted octanol–water partition coefficient (Wildman–Crippen LogP) is 0.180. The average molecular weight is 208 g/mol. The van der Waals surface area contributed by atoms with Crippen molar-refractivity contribution in [2.45, 2.75) is 6.54 Å². The molecule has 2 heterocycles. The van der Waals surface area contributed by atoms with E-state index in [9.17, 15) is 4.79 Å². The second-order valence-corrected chi connectivity index (χ2v) is 3.69. The lowest BCUT2D eigenvalue weighted by Crippen LogP contribution is -2.39. The first-order valence-corrected chi connectivity index (χ1v) is 5.32. The Hall–Kier alpha value is -1.13. The van der Waals surface area contributed by atoms with Gasteiger partial charge in [-0.2, -0.15) is 0 Å². The normalized spacial score (nSPS) is 17.9. The van der Waals surface area contributed by atoms with E-state index in [0.717, 1.165) is 39.4 Å². The van der Waals surface area contributed by atoms with Crippen LogP contribution in [0, 0.1) is 0 Å². The molecule has 82 valence electrons. The number of morpholine rings is 1. The second-order valence-electron chi connectivity index (χ2n) is 3.69. The van der Waals surface area contributed by atoms with E-state index in [1.165, 1.54) is 0 Å². The largest absolute Gasteiger partial charge is 0.379 e. The van der Waals surface area contributed by atoms with Crippen molar-refractivity contribution in [2.24, 2.45) is 0 Å². The van der Waals surface area contributed by atoms with Crippen molar-refractivity contribution in [2.75, 3.05) is 32.8 Å². The van der Waals surface area contributed by atoms with Crippen LogP contribution in [0.4, 0.5) is 0 Å². The molecule has 0 radical (unpaired) electrons. The van der Waals surface area contributed by atoms with Crippen LogP contribution in [0.3, 0.4) is 0 Å². The number of ether oxygens (including phenoxy) is 1. The Morgan fingerprint density at radius 3 is 2.73 bits per heavy atom. The summed E-state index contributed by atoms with van der Waals surface area (Å²) in [5.74, 6) is 0. The topological polar surface area (TPSA) is 34.5 Å². The fourth-order valence-electron chi connectivity index (χ4n) is 1.72. The zero-order valence-electron chi connectivity index (χ0n) is 8.76. The van der Waals surface area contributed by atoms with E-state index in [1.807, 2.05) is 12.3 Å². The molecule has 0 bridgehead atoms. The number of hydrogen-bond acceptors (Lipinski definition) is 3. The number of aromatic nitrogens is 1. The number of pyridine rings is 1. The van der Waals surface area contributed by atoms with Crippen molar-refractivity contribution in [3.63, 3.8) is 0 Å². The molecule has 0 aromatic carbocycles. The molecular formula is C11H16N2O2. The summed E-state index contributed by atoms with van der Waals surface area (Å²) in [5.41, 5.74) is 0.0748. The standard InChI is InChI=1S/C11H16N2O2/c14-11-3-1-2-4-13(11)6-5-12-7-9-15-10-8-12/h1-4H,5-10H2. The van der Waals surface area contributed by atoms with Crippen molar-refractivity contribution in [1.29, 1.82) is 0 Å². The lowest BCUT2D eigenvalue weighted by Gasteiger charge is -2.26. The van der Waals surface area contributed by atoms with E-state index in [4.69, 9.17) is 4.74 Å². The third kappa shape index (κ3) is 2.91. The van der Waals surface area contributed by atoms with Crippen LogP contribution in [-0.4, -0.2) is 42.3 Å². The summed E-state index contributed by atoms with van der Waals surface area (Å²) in [7, 11) is 0. The van der Waals surface area contributed by atoms with Gasteiger partial charge in [-0.3, -0.25) is 9.69 Å². The number of hydrogen-bond donors (Lipinski definition) is 0. The van der Waals surface area contributed by atoms with Crippen LogP contribution in [0.15, 0.2) is 29.2 Å². The van der Waals surface area contributed by atoms with Gasteiger partial charge in [-0.25, -0.2) is 0 Å². The van der Waals surface area contributed by atoms with Gasteiger partial charge in [0.25, 0.3) is 5.56 Å². The maximum atomic E-state index is 11.4. The molecule has 1 aromatic heterocycles. The summed E-state index contributed by atoms with van der Waals surface area (Å²) in [6.07, 6.45) is 1.84. The van der Waals surface area contributed by atoms with Crippen molar-refractivity contribution in [1.82, 2.24) is 9.47 Å². The minimum atomic E-state index is 0.0748. The summed E-state index contributed by atoms with van der Waals surface area (Å²) in [6, 6.07) is 5.26. The SMILES string of the molecule is O=c1ccccn1CCN1CCOCC1. The van der Waals surface area contributed by atoms with Gasteiger partial charge in [0.2, 0.25) is 0 Å². The Labute approximate surface area is 89.1 Å². The molecule has 0 unspecified atom stereocenters. The molecule has 0 aliphatic carbocycles. The molecule has 4 nitrogen and oxygen atoms in total. The van der Waals surface area contributed by atoms with Gasteiger partial charge in [0.05, 0.1) is 13.2 Å². The number of rotatable bonds is 3. The monoisotopic (exact) mass is 208 g/mol. The molecular weight excluding hydrogens is 192 g/mol. The van der Waals surface area contributed by atoms with Gasteiger partial charge in [0.15, 0.2) is 0 Å². The molecule has 4 heteroatoms. The minimum absolute atomic E-state index is 0.0748. The van der Waals surface area contributed by atoms with Crippen LogP contribution in [-0.2, 0) is 11.3 Å². The zero-order valence-corrected chi connectivity index (χ0v) is 8.76. The highest BCUT2D eigenvalue weighted by Gasteiger charge is 2.09. The van der Waals surface area contributed by atoms with E-state index in [1.54, 1.807) is 16.7 Å². The van der Waals surface area contributed by atoms with Crippen LogP contribution < -0.4 is 5.56 Å². The van der Waals surface area contributed by atoms with E-state index in [2.05, 4.69) is 4.90 Å². The molecule has 15 heavy (non-hydrogen) atoms. The molecule has 1 fully saturated rings. The quantitative estimate of drug-likeness (QED) is 0.710. The Kier molecular flexibility index (Phi) is 3.53. The third-order valence-electron chi connectivity index (χ3n) is 2.66. The first-order valence-electron chi connectivity index (χ1n) is 5.32. The van der Waals surface area contributed by atoms with Gasteiger partial charge < -0.3 is 9.30 Å². The van der Waals surface area contributed by atoms with Gasteiger partial charge in [0, 0.05) is 38.4 Å². The summed E-state index contributed by atoms with van der Waals surface area (Å²) in [4.78, 5) is 13.7. The van der Waals surface area contributed by atoms with E-state index in [0.29, 0.717) is 0 Å². The molecule has 1 aliphatic heterocycles. The summed E-state index contributed by atoms with van der Waals surface area (Å²) < 4.78 is 7.01. The Bertz CT molecular complexity index is 356. The lowest BCUT2D eigenvalue weighted by atomic mass is 10.4. The molecule has 2 rings (SSSR count). The van der Waals surface area contributed by atoms with Crippen LogP contribution in [0.2, 0.25) is 0 Å². The van der Waals surface area contributed by atoms with Crippen LogP contribution >= 0.6 is 0 Å². The van der Waals surface area contributed by atoms with Gasteiger partial charge >= 0.3 is 0 Å². The third-order valence-corrected chi connectivity index (χ3v) is 2.66. The fourth-order valence-corrected chi connectivity index (χ4v) is 1.72. The van der Waals surface area contributed by atoms with Gasteiger partial charge in [0.1, 0.15) is 0 Å². The Morgan fingerprint density at radius 1 is 1.20 bits per heavy atom. The summed E-state index contributed by atoms with van der Waals surface area (Å²) >= 11 is 0. The molecule has 0 atom stereocenters. The second kappa shape index (κ2) is 5.09. The summed E-state index contributed by atoms with van der Waals surface area (Å²) in [6.45, 7) is 5.25. The first kappa shape index (κ1) is 10.4. The first-order chi connectivity index (χ1) is 7.36. The molecule has 1 aromatic rings. The molecule has 0 saturated carbocycles. The molecule has 1 aliphatic rings. The molecule has 0 spiro atoms. The van der Waals surface area contributed by atoms with E-state index in [-0.39, 0.29) is 5.56 Å². The van der Waals surface area contributed by atoms with Gasteiger partial charge in [-0.05, 0) is 6.07 Å². The minimum Gasteiger partial charge on any atom is -0.379 e. The highest BCUT2D eigenvalue weighted by molar-refractivity contribution is 4.93. The van der Waals surface area contributed by atoms with Gasteiger partial charge in [-0.1, -0.05) is 6.07 Å². The lowest BCUT2D eigenvalue weighted by molar-refractivity contribution is 0.0363. The average Bonchev–Trinajstić information content (AvgIpc) is 2.29. The Balaban J connectivity index is 1.87. The van der Waals surface area contributed by atoms with Crippen molar-refractivity contribution in [3.05, 3.63) is 34.7 Å². The fraction of sp³-hybridized carbons (Fsp3) is 0.545. The van der Waals surface area contributed by atoms with Gasteiger partial charge in [-0.15, -0.1) is 0 Å². The van der Waals surface area contributed by atoms with Crippen molar-refractivity contribution >= 4 is 0 Å². The summed E-state index contributed by atoms with van der Waals surface area (Å²) in [5, 5.41) is 0. The zero-order chi connectivity index (χ0) is 10.5. The highest BCUT2D eigenvalue weighted by atomic mass is 16.5. The highest BCUT2D eigenvalue weighted by Crippen LogP contribution is 1.96. The number of nitrogens with zero attached hydrogens (tertiary/aromatic N) is 2. The molecule has 0 N–H and O–H groups in total. The van der Waals surface area contributed by atoms with E-state index >= 15 is 0 Å². The van der Waals surface area contributed by atoms with E-state index < -0.39 is 0 Å². The maximum absolute atomic E-state index is 11.4. The van der Waals surface area contributed by atoms with Crippen LogP contribution in [0.25, 0.3) is 0 Å². The van der Waals surface area contributed by atoms with Crippen LogP contribution in [0.1, 0.15) is 0 Å². The maximum Gasteiger partial charge on any atom is 0.250 e. The smallest absolute Gasteiger partial charge is 0.250 e. The van der Waals surface area contributed by atoms with Crippen LogP contribution in [0.5, 0.6) is 0 Å². The predicted molar refractivity (Wildman–Crippen MR) is 58.0 cm³/mol. The van der Waals surface area contributed by atoms with Crippen molar-refractivity contribution < 1.29 is 4.74 Å². The molecule has 1 saturated heterocycles. The van der Waals surface area contributed by atoms with Crippen molar-refractivity contribution in [3.8, 4) is 0 Å². The Morgan fingerprint density at radius 2 is 2.00 bits per heavy atom. The molecule has 0 amide bonds.